The molecule has 20 heavy (non-hydrogen) atoms. The third-order valence-electron chi connectivity index (χ3n) is 4.03. The molecule has 0 atom stereocenters. The average Bonchev–Trinajstić information content (AvgIpc) is 2.44. The van der Waals surface area contributed by atoms with Gasteiger partial charge in [-0.2, -0.15) is 0 Å². The van der Waals surface area contributed by atoms with Crippen molar-refractivity contribution in [3.05, 3.63) is 0 Å². The van der Waals surface area contributed by atoms with Gasteiger partial charge in [0.25, 0.3) is 0 Å². The summed E-state index contributed by atoms with van der Waals surface area (Å²) in [6.45, 7) is 0. The molecule has 0 heterocycles. The normalized spacial score (nSPS) is 22.5. The maximum Gasteiger partial charge on any atom is 0.198 e. The second-order valence-electron chi connectivity index (χ2n) is 5.92. The zero-order valence-electron chi connectivity index (χ0n) is 12.6. The summed E-state index contributed by atoms with van der Waals surface area (Å²) in [5, 5.41) is 0. The highest BCUT2D eigenvalue weighted by atomic mass is 16.2. The minimum Gasteiger partial charge on any atom is -0.300 e. The van der Waals surface area contributed by atoms with Crippen molar-refractivity contribution in [1.29, 1.82) is 0 Å². The Morgan fingerprint density at radius 1 is 0.400 bits per heavy atom. The fourth-order valence-corrected chi connectivity index (χ4v) is 2.68. The van der Waals surface area contributed by atoms with E-state index < -0.39 is 0 Å². The maximum absolute atomic E-state index is 11.6. The molecule has 0 N–H and O–H groups in total. The number of ketones is 3. The molecule has 0 unspecified atom stereocenters. The van der Waals surface area contributed by atoms with Crippen LogP contribution in [0.2, 0.25) is 0 Å². The number of rotatable bonds is 0. The van der Waals surface area contributed by atoms with Crippen LogP contribution in [-0.4, -0.2) is 17.3 Å². The van der Waals surface area contributed by atoms with Gasteiger partial charge < -0.3 is 0 Å². The van der Waals surface area contributed by atoms with Gasteiger partial charge in [-0.15, -0.1) is 0 Å². The highest BCUT2D eigenvalue weighted by Gasteiger charge is 2.13. The van der Waals surface area contributed by atoms with Gasteiger partial charge in [0, 0.05) is 25.7 Å². The SMILES string of the molecule is O=C1CCCCCCCCCCC(=O)C(=O)CCCC1. The van der Waals surface area contributed by atoms with Crippen LogP contribution < -0.4 is 0 Å². The third-order valence-corrected chi connectivity index (χ3v) is 4.03. The summed E-state index contributed by atoms with van der Waals surface area (Å²) < 4.78 is 0. The van der Waals surface area contributed by atoms with Crippen LogP contribution in [0.15, 0.2) is 0 Å². The second kappa shape index (κ2) is 10.8. The molecule has 0 aliphatic heterocycles. The summed E-state index contributed by atoms with van der Waals surface area (Å²) in [5.41, 5.74) is 0. The average molecular weight is 280 g/mol. The Hall–Kier alpha value is -0.990. The first-order chi connectivity index (χ1) is 9.70. The third kappa shape index (κ3) is 8.23. The van der Waals surface area contributed by atoms with Gasteiger partial charge in [0.1, 0.15) is 5.78 Å². The predicted octanol–water partition coefficient (Wildman–Crippen LogP) is 4.17. The first-order valence-electron chi connectivity index (χ1n) is 8.28. The van der Waals surface area contributed by atoms with Crippen molar-refractivity contribution >= 4 is 17.3 Å². The first-order valence-corrected chi connectivity index (χ1v) is 8.28. The quantitative estimate of drug-likeness (QED) is 0.626. The summed E-state index contributed by atoms with van der Waals surface area (Å²) in [4.78, 5) is 34.8. The maximum atomic E-state index is 11.6. The van der Waals surface area contributed by atoms with Gasteiger partial charge >= 0.3 is 0 Å². The Morgan fingerprint density at radius 3 is 1.20 bits per heavy atom. The van der Waals surface area contributed by atoms with Crippen LogP contribution in [0.5, 0.6) is 0 Å². The molecule has 1 aliphatic carbocycles. The molecule has 0 spiro atoms. The van der Waals surface area contributed by atoms with E-state index in [0.717, 1.165) is 38.5 Å². The lowest BCUT2D eigenvalue weighted by Crippen LogP contribution is -2.13. The van der Waals surface area contributed by atoms with Crippen molar-refractivity contribution in [2.24, 2.45) is 0 Å². The molecule has 0 aromatic carbocycles. The van der Waals surface area contributed by atoms with Crippen LogP contribution in [0, 0.1) is 0 Å². The molecule has 0 aromatic heterocycles. The van der Waals surface area contributed by atoms with Crippen molar-refractivity contribution in [2.45, 2.75) is 89.9 Å². The number of carbonyl (C=O) groups is 3. The van der Waals surface area contributed by atoms with E-state index in [9.17, 15) is 14.4 Å². The fourth-order valence-electron chi connectivity index (χ4n) is 2.68. The Labute approximate surface area is 122 Å². The highest BCUT2D eigenvalue weighted by Crippen LogP contribution is 2.13. The van der Waals surface area contributed by atoms with Crippen LogP contribution in [-0.2, 0) is 14.4 Å². The van der Waals surface area contributed by atoms with Gasteiger partial charge in [-0.1, -0.05) is 38.5 Å². The largest absolute Gasteiger partial charge is 0.300 e. The fraction of sp³-hybridized carbons (Fsp3) is 0.824. The first kappa shape index (κ1) is 17.1. The molecule has 3 heteroatoms. The van der Waals surface area contributed by atoms with Crippen molar-refractivity contribution in [1.82, 2.24) is 0 Å². The van der Waals surface area contributed by atoms with E-state index in [0.29, 0.717) is 37.9 Å². The van der Waals surface area contributed by atoms with E-state index in [4.69, 9.17) is 0 Å². The monoisotopic (exact) mass is 280 g/mol. The van der Waals surface area contributed by atoms with E-state index in [1.165, 1.54) is 19.3 Å². The van der Waals surface area contributed by atoms with Crippen LogP contribution in [0.25, 0.3) is 0 Å². The van der Waals surface area contributed by atoms with E-state index in [1.807, 2.05) is 0 Å². The lowest BCUT2D eigenvalue weighted by Gasteiger charge is -2.02. The molecule has 1 aliphatic rings. The molecule has 0 amide bonds. The summed E-state index contributed by atoms with van der Waals surface area (Å²) >= 11 is 0. The molecular formula is C17H28O3. The summed E-state index contributed by atoms with van der Waals surface area (Å²) in [6.07, 6.45) is 12.3. The predicted molar refractivity (Wildman–Crippen MR) is 79.7 cm³/mol. The lowest BCUT2D eigenvalue weighted by atomic mass is 10.0. The Kier molecular flexibility index (Phi) is 9.18. The van der Waals surface area contributed by atoms with E-state index in [-0.39, 0.29) is 11.6 Å². The van der Waals surface area contributed by atoms with Crippen molar-refractivity contribution < 1.29 is 14.4 Å². The molecule has 3 nitrogen and oxygen atoms in total. The molecular weight excluding hydrogens is 252 g/mol. The second-order valence-corrected chi connectivity index (χ2v) is 5.92. The molecule has 1 saturated carbocycles. The number of Topliss-reactive ketones (excluding diaryl/α,β-unsaturated/α-hetero) is 3. The summed E-state index contributed by atoms with van der Waals surface area (Å²) in [6, 6.07) is 0. The van der Waals surface area contributed by atoms with E-state index in [2.05, 4.69) is 0 Å². The van der Waals surface area contributed by atoms with Crippen molar-refractivity contribution in [3.8, 4) is 0 Å². The number of carbonyl (C=O) groups excluding carboxylic acids is 3. The minimum atomic E-state index is -0.234. The van der Waals surface area contributed by atoms with Crippen molar-refractivity contribution in [2.75, 3.05) is 0 Å². The van der Waals surface area contributed by atoms with Crippen LogP contribution in [0.3, 0.4) is 0 Å². The zero-order valence-corrected chi connectivity index (χ0v) is 12.6. The smallest absolute Gasteiger partial charge is 0.198 e. The van der Waals surface area contributed by atoms with Gasteiger partial charge in [-0.05, 0) is 25.7 Å². The molecule has 0 radical (unpaired) electrons. The molecule has 1 rings (SSSR count). The topological polar surface area (TPSA) is 51.2 Å². The Balaban J connectivity index is 2.33. The van der Waals surface area contributed by atoms with Gasteiger partial charge in [-0.25, -0.2) is 0 Å². The lowest BCUT2D eigenvalue weighted by molar-refractivity contribution is -0.136. The van der Waals surface area contributed by atoms with Crippen molar-refractivity contribution in [3.63, 3.8) is 0 Å². The number of hydrogen-bond donors (Lipinski definition) is 0. The Bertz CT molecular complexity index is 320. The standard InChI is InChI=1S/C17H28O3/c18-15-11-7-5-3-1-2-4-6-8-13-16(19)17(20)14-10-9-12-15/h1-14H2. The van der Waals surface area contributed by atoms with E-state index in [1.54, 1.807) is 0 Å². The highest BCUT2D eigenvalue weighted by molar-refractivity contribution is 6.37. The van der Waals surface area contributed by atoms with Crippen LogP contribution >= 0.6 is 0 Å². The van der Waals surface area contributed by atoms with Gasteiger partial charge in [0.2, 0.25) is 0 Å². The molecule has 0 bridgehead atoms. The molecule has 114 valence electrons. The van der Waals surface area contributed by atoms with Gasteiger partial charge in [0.05, 0.1) is 0 Å². The Morgan fingerprint density at radius 2 is 0.700 bits per heavy atom. The van der Waals surface area contributed by atoms with E-state index >= 15 is 0 Å². The summed E-state index contributed by atoms with van der Waals surface area (Å²) in [5.74, 6) is -0.129. The van der Waals surface area contributed by atoms with Gasteiger partial charge in [0.15, 0.2) is 11.6 Å². The van der Waals surface area contributed by atoms with Crippen LogP contribution in [0.1, 0.15) is 89.9 Å². The summed E-state index contributed by atoms with van der Waals surface area (Å²) in [7, 11) is 0. The number of hydrogen-bond acceptors (Lipinski definition) is 3. The molecule has 1 fully saturated rings. The van der Waals surface area contributed by atoms with Crippen LogP contribution in [0.4, 0.5) is 0 Å². The van der Waals surface area contributed by atoms with Gasteiger partial charge in [-0.3, -0.25) is 14.4 Å². The molecule has 0 aromatic rings. The zero-order chi connectivity index (χ0) is 14.6. The minimum absolute atomic E-state index is 0.208. The molecule has 0 saturated heterocycles.